The molecule has 0 unspecified atom stereocenters. The van der Waals surface area contributed by atoms with Crippen LogP contribution in [-0.4, -0.2) is 34.6 Å². The van der Waals surface area contributed by atoms with Gasteiger partial charge in [-0.1, -0.05) is 0 Å². The summed E-state index contributed by atoms with van der Waals surface area (Å²) in [5.41, 5.74) is 0.598. The molecular weight excluding hydrogens is 322 g/mol. The van der Waals surface area contributed by atoms with Crippen LogP contribution in [0, 0.1) is 0 Å². The van der Waals surface area contributed by atoms with Crippen LogP contribution in [0.3, 0.4) is 0 Å². The molecule has 0 bridgehead atoms. The van der Waals surface area contributed by atoms with Gasteiger partial charge in [-0.05, 0) is 37.8 Å². The van der Waals surface area contributed by atoms with Crippen LogP contribution < -0.4 is 19.5 Å². The van der Waals surface area contributed by atoms with Crippen LogP contribution in [-0.2, 0) is 7.05 Å². The fraction of sp³-hybridized carbons (Fsp3) is 0.444. The van der Waals surface area contributed by atoms with Gasteiger partial charge in [0.15, 0.2) is 11.5 Å². The number of aromatic nitrogens is 2. The Balaban J connectivity index is 1.27. The zero-order valence-electron chi connectivity index (χ0n) is 14.1. The van der Waals surface area contributed by atoms with E-state index in [1.165, 1.54) is 0 Å². The van der Waals surface area contributed by atoms with E-state index in [1.54, 1.807) is 24.1 Å². The monoisotopic (exact) mass is 343 g/mol. The molecule has 1 aromatic heterocycles. The number of aryl methyl sites for hydroxylation is 1. The molecule has 0 atom stereocenters. The van der Waals surface area contributed by atoms with Gasteiger partial charge in [0.25, 0.3) is 5.91 Å². The second kappa shape index (κ2) is 6.66. The van der Waals surface area contributed by atoms with Gasteiger partial charge in [-0.3, -0.25) is 9.48 Å². The Kier molecular flexibility index (Phi) is 4.21. The molecular formula is C18H21N3O4. The molecule has 0 saturated heterocycles. The zero-order valence-corrected chi connectivity index (χ0v) is 14.1. The highest BCUT2D eigenvalue weighted by Gasteiger charge is 2.25. The van der Waals surface area contributed by atoms with E-state index in [0.717, 1.165) is 42.9 Å². The van der Waals surface area contributed by atoms with Crippen molar-refractivity contribution >= 4 is 5.91 Å². The standard InChI is InChI=1S/C18H21N3O4/c1-21-10-12(9-19-21)18(22)20-13-2-4-14(5-3-13)25-15-6-7-16-17(8-15)24-11-23-16/h6-10,13-14H,2-5,11H2,1H3,(H,20,22). The fourth-order valence-electron chi connectivity index (χ4n) is 3.27. The van der Waals surface area contributed by atoms with Crippen molar-refractivity contribution in [2.75, 3.05) is 6.79 Å². The number of carbonyl (C=O) groups excluding carboxylic acids is 1. The molecule has 1 fully saturated rings. The predicted molar refractivity (Wildman–Crippen MR) is 89.9 cm³/mol. The van der Waals surface area contributed by atoms with Gasteiger partial charge in [0.05, 0.1) is 17.9 Å². The van der Waals surface area contributed by atoms with Gasteiger partial charge >= 0.3 is 0 Å². The van der Waals surface area contributed by atoms with Gasteiger partial charge in [0.2, 0.25) is 6.79 Å². The Hall–Kier alpha value is -2.70. The molecule has 4 rings (SSSR count). The first-order valence-electron chi connectivity index (χ1n) is 8.53. The van der Waals surface area contributed by atoms with E-state index >= 15 is 0 Å². The summed E-state index contributed by atoms with van der Waals surface area (Å²) in [7, 11) is 1.80. The lowest BCUT2D eigenvalue weighted by Gasteiger charge is -2.29. The number of amides is 1. The Morgan fingerprint density at radius 1 is 1.24 bits per heavy atom. The number of benzene rings is 1. The van der Waals surface area contributed by atoms with Crippen molar-refractivity contribution in [2.45, 2.75) is 37.8 Å². The third-order valence-corrected chi connectivity index (χ3v) is 4.62. The SMILES string of the molecule is Cn1cc(C(=O)NC2CCC(Oc3ccc4c(c3)OCO4)CC2)cn1. The van der Waals surface area contributed by atoms with Gasteiger partial charge in [-0.2, -0.15) is 5.10 Å². The zero-order chi connectivity index (χ0) is 17.2. The number of fused-ring (bicyclic) bond motifs is 1. The van der Waals surface area contributed by atoms with Gasteiger partial charge in [0.1, 0.15) is 5.75 Å². The molecule has 1 aliphatic carbocycles. The fourth-order valence-corrected chi connectivity index (χ4v) is 3.27. The quantitative estimate of drug-likeness (QED) is 0.922. The second-order valence-corrected chi connectivity index (χ2v) is 6.48. The van der Waals surface area contributed by atoms with E-state index in [2.05, 4.69) is 10.4 Å². The summed E-state index contributed by atoms with van der Waals surface area (Å²) in [6.45, 7) is 0.264. The Morgan fingerprint density at radius 2 is 2.04 bits per heavy atom. The lowest BCUT2D eigenvalue weighted by Crippen LogP contribution is -2.39. The van der Waals surface area contributed by atoms with E-state index in [-0.39, 0.29) is 24.8 Å². The average molecular weight is 343 g/mol. The Bertz CT molecular complexity index is 765. The molecule has 1 aromatic carbocycles. The van der Waals surface area contributed by atoms with Crippen LogP contribution in [0.1, 0.15) is 36.0 Å². The number of nitrogens with zero attached hydrogens (tertiary/aromatic N) is 2. The Labute approximate surface area is 145 Å². The van der Waals surface area contributed by atoms with Crippen LogP contribution in [0.4, 0.5) is 0 Å². The van der Waals surface area contributed by atoms with Crippen molar-refractivity contribution in [1.82, 2.24) is 15.1 Å². The maximum Gasteiger partial charge on any atom is 0.254 e. The molecule has 0 radical (unpaired) electrons. The summed E-state index contributed by atoms with van der Waals surface area (Å²) in [5, 5.41) is 7.11. The van der Waals surface area contributed by atoms with Crippen molar-refractivity contribution < 1.29 is 19.0 Å². The lowest BCUT2D eigenvalue weighted by atomic mass is 9.92. The highest BCUT2D eigenvalue weighted by atomic mass is 16.7. The third-order valence-electron chi connectivity index (χ3n) is 4.62. The van der Waals surface area contributed by atoms with Gasteiger partial charge in [-0.15, -0.1) is 0 Å². The van der Waals surface area contributed by atoms with E-state index in [0.29, 0.717) is 5.56 Å². The summed E-state index contributed by atoms with van der Waals surface area (Å²) >= 11 is 0. The molecule has 2 heterocycles. The molecule has 132 valence electrons. The maximum atomic E-state index is 12.2. The first-order valence-corrected chi connectivity index (χ1v) is 8.53. The largest absolute Gasteiger partial charge is 0.490 e. The molecule has 2 aliphatic rings. The van der Waals surface area contributed by atoms with Crippen LogP contribution in [0.2, 0.25) is 0 Å². The van der Waals surface area contributed by atoms with Gasteiger partial charge in [0, 0.05) is 25.4 Å². The van der Waals surface area contributed by atoms with Crippen molar-refractivity contribution in [3.05, 3.63) is 36.2 Å². The lowest BCUT2D eigenvalue weighted by molar-refractivity contribution is 0.0893. The number of nitrogens with one attached hydrogen (secondary N) is 1. The minimum absolute atomic E-state index is 0.0618. The summed E-state index contributed by atoms with van der Waals surface area (Å²) in [6.07, 6.45) is 7.10. The maximum absolute atomic E-state index is 12.2. The first-order chi connectivity index (χ1) is 12.2. The van der Waals surface area contributed by atoms with Gasteiger partial charge < -0.3 is 19.5 Å². The van der Waals surface area contributed by atoms with E-state index in [1.807, 2.05) is 18.2 Å². The van der Waals surface area contributed by atoms with Crippen molar-refractivity contribution in [3.8, 4) is 17.2 Å². The number of rotatable bonds is 4. The molecule has 2 aromatic rings. The molecule has 1 amide bonds. The van der Waals surface area contributed by atoms with Crippen molar-refractivity contribution in [2.24, 2.45) is 7.05 Å². The number of ether oxygens (including phenoxy) is 3. The highest BCUT2D eigenvalue weighted by Crippen LogP contribution is 2.36. The Morgan fingerprint density at radius 3 is 2.80 bits per heavy atom. The summed E-state index contributed by atoms with van der Waals surface area (Å²) in [4.78, 5) is 12.2. The molecule has 7 nitrogen and oxygen atoms in total. The smallest absolute Gasteiger partial charge is 0.254 e. The number of hydrogen-bond acceptors (Lipinski definition) is 5. The van der Waals surface area contributed by atoms with Crippen LogP contribution in [0.25, 0.3) is 0 Å². The number of hydrogen-bond donors (Lipinski definition) is 1. The van der Waals surface area contributed by atoms with E-state index in [4.69, 9.17) is 14.2 Å². The van der Waals surface area contributed by atoms with E-state index in [9.17, 15) is 4.79 Å². The van der Waals surface area contributed by atoms with Crippen molar-refractivity contribution in [1.29, 1.82) is 0 Å². The summed E-state index contributed by atoms with van der Waals surface area (Å²) in [5.74, 6) is 2.23. The number of carbonyl (C=O) groups is 1. The molecule has 0 spiro atoms. The summed E-state index contributed by atoms with van der Waals surface area (Å²) in [6, 6.07) is 5.84. The second-order valence-electron chi connectivity index (χ2n) is 6.48. The molecule has 7 heteroatoms. The van der Waals surface area contributed by atoms with Crippen LogP contribution >= 0.6 is 0 Å². The van der Waals surface area contributed by atoms with Crippen molar-refractivity contribution in [3.63, 3.8) is 0 Å². The molecule has 25 heavy (non-hydrogen) atoms. The van der Waals surface area contributed by atoms with Crippen LogP contribution in [0.15, 0.2) is 30.6 Å². The minimum atomic E-state index is -0.0618. The average Bonchev–Trinajstić information content (AvgIpc) is 3.25. The highest BCUT2D eigenvalue weighted by molar-refractivity contribution is 5.93. The predicted octanol–water partition coefficient (Wildman–Crippen LogP) is 2.27. The van der Waals surface area contributed by atoms with Crippen LogP contribution in [0.5, 0.6) is 17.2 Å². The molecule has 1 aliphatic heterocycles. The summed E-state index contributed by atoms with van der Waals surface area (Å²) < 4.78 is 18.4. The first kappa shape index (κ1) is 15.8. The van der Waals surface area contributed by atoms with Gasteiger partial charge in [-0.25, -0.2) is 0 Å². The normalized spacial score (nSPS) is 21.8. The topological polar surface area (TPSA) is 74.6 Å². The molecule has 1 saturated carbocycles. The molecule has 1 N–H and O–H groups in total. The minimum Gasteiger partial charge on any atom is -0.490 e. The van der Waals surface area contributed by atoms with E-state index < -0.39 is 0 Å². The third kappa shape index (κ3) is 3.55.